The van der Waals surface area contributed by atoms with Gasteiger partial charge in [-0.1, -0.05) is 87.6 Å². The molecule has 0 heterocycles. The number of rotatable bonds is 12. The number of unbranched alkanes of at least 4 members (excludes halogenated alkanes) is 5. The van der Waals surface area contributed by atoms with E-state index in [2.05, 4.69) is 6.92 Å². The van der Waals surface area contributed by atoms with Gasteiger partial charge in [0.15, 0.2) is 0 Å². The first-order chi connectivity index (χ1) is 15.6. The molecule has 0 aromatic heterocycles. The van der Waals surface area contributed by atoms with Crippen LogP contribution in [0, 0.1) is 0 Å². The number of carbonyl (C=O) groups is 1. The predicted octanol–water partition coefficient (Wildman–Crippen LogP) is 6.87. The number of hydrogen-bond acceptors (Lipinski definition) is 3. The van der Waals surface area contributed by atoms with E-state index in [0.717, 1.165) is 35.5 Å². The van der Waals surface area contributed by atoms with Gasteiger partial charge in [0, 0.05) is 0 Å². The van der Waals surface area contributed by atoms with E-state index in [-0.39, 0.29) is 5.56 Å². The van der Waals surface area contributed by atoms with E-state index in [0.29, 0.717) is 5.56 Å². The topological polar surface area (TPSA) is 66.8 Å². The molecule has 0 spiro atoms. The SMILES string of the molecule is CCCCCCCCOc1ccc(-c2ccc(C(O)c3ccc(C(=O)O)cc3)cc2)cc1. The van der Waals surface area contributed by atoms with Crippen molar-refractivity contribution in [1.82, 2.24) is 0 Å². The first-order valence-corrected chi connectivity index (χ1v) is 11.4. The molecule has 0 bridgehead atoms. The third-order valence-electron chi connectivity index (χ3n) is 5.65. The van der Waals surface area contributed by atoms with E-state index in [4.69, 9.17) is 9.84 Å². The second-order valence-corrected chi connectivity index (χ2v) is 8.09. The summed E-state index contributed by atoms with van der Waals surface area (Å²) in [5, 5.41) is 19.6. The number of carboxylic acids is 1. The van der Waals surface area contributed by atoms with Gasteiger partial charge in [-0.15, -0.1) is 0 Å². The molecule has 0 fully saturated rings. The lowest BCUT2D eigenvalue weighted by atomic mass is 9.97. The Morgan fingerprint density at radius 3 is 1.81 bits per heavy atom. The number of aliphatic hydroxyl groups is 1. The van der Waals surface area contributed by atoms with Gasteiger partial charge in [0.25, 0.3) is 0 Å². The molecule has 1 unspecified atom stereocenters. The van der Waals surface area contributed by atoms with Crippen LogP contribution in [0.1, 0.15) is 73.0 Å². The summed E-state index contributed by atoms with van der Waals surface area (Å²) in [6.45, 7) is 2.99. The molecular formula is C28H32O4. The lowest BCUT2D eigenvalue weighted by molar-refractivity contribution is 0.0696. The standard InChI is InChI=1S/C28H32O4/c1-2-3-4-5-6-7-20-32-26-18-16-22(17-19-26)21-8-10-23(11-9-21)27(29)24-12-14-25(15-13-24)28(30)31/h8-19,27,29H,2-7,20H2,1H3,(H,30,31). The second-order valence-electron chi connectivity index (χ2n) is 8.09. The quantitative estimate of drug-likeness (QED) is 0.306. The largest absolute Gasteiger partial charge is 0.494 e. The van der Waals surface area contributed by atoms with Crippen LogP contribution in [0.5, 0.6) is 5.75 Å². The van der Waals surface area contributed by atoms with Crippen LogP contribution in [-0.4, -0.2) is 22.8 Å². The molecule has 1 atom stereocenters. The highest BCUT2D eigenvalue weighted by Gasteiger charge is 2.12. The summed E-state index contributed by atoms with van der Waals surface area (Å²) in [6.07, 6.45) is 6.71. The van der Waals surface area contributed by atoms with E-state index >= 15 is 0 Å². The van der Waals surface area contributed by atoms with Crippen molar-refractivity contribution in [1.29, 1.82) is 0 Å². The van der Waals surface area contributed by atoms with Gasteiger partial charge in [0.1, 0.15) is 11.9 Å². The van der Waals surface area contributed by atoms with Gasteiger partial charge in [0.05, 0.1) is 12.2 Å². The van der Waals surface area contributed by atoms with Crippen LogP contribution in [0.25, 0.3) is 11.1 Å². The van der Waals surface area contributed by atoms with Crippen molar-refractivity contribution in [3.05, 3.63) is 89.5 Å². The smallest absolute Gasteiger partial charge is 0.335 e. The zero-order valence-electron chi connectivity index (χ0n) is 18.7. The van der Waals surface area contributed by atoms with Crippen LogP contribution < -0.4 is 4.74 Å². The van der Waals surface area contributed by atoms with Gasteiger partial charge in [-0.2, -0.15) is 0 Å². The maximum atomic E-state index is 11.0. The summed E-state index contributed by atoms with van der Waals surface area (Å²) in [6, 6.07) is 22.2. The summed E-state index contributed by atoms with van der Waals surface area (Å²) >= 11 is 0. The number of aromatic carboxylic acids is 1. The highest BCUT2D eigenvalue weighted by atomic mass is 16.5. The number of aliphatic hydroxyl groups excluding tert-OH is 1. The summed E-state index contributed by atoms with van der Waals surface area (Å²) in [4.78, 5) is 11.0. The van der Waals surface area contributed by atoms with Crippen LogP contribution in [0.15, 0.2) is 72.8 Å². The summed E-state index contributed by atoms with van der Waals surface area (Å²) in [7, 11) is 0. The fraction of sp³-hybridized carbons (Fsp3) is 0.321. The van der Waals surface area contributed by atoms with Crippen molar-refractivity contribution in [3.8, 4) is 16.9 Å². The van der Waals surface area contributed by atoms with Gasteiger partial charge >= 0.3 is 5.97 Å². The third-order valence-corrected chi connectivity index (χ3v) is 5.65. The molecule has 0 aliphatic carbocycles. The van der Waals surface area contributed by atoms with E-state index in [1.165, 1.54) is 44.2 Å². The van der Waals surface area contributed by atoms with Gasteiger partial charge in [-0.05, 0) is 52.9 Å². The third kappa shape index (κ3) is 6.69. The zero-order valence-corrected chi connectivity index (χ0v) is 18.7. The number of hydrogen-bond donors (Lipinski definition) is 2. The lowest BCUT2D eigenvalue weighted by Gasteiger charge is -2.13. The molecule has 0 amide bonds. The van der Waals surface area contributed by atoms with Crippen LogP contribution in [0.2, 0.25) is 0 Å². The average molecular weight is 433 g/mol. The molecule has 3 aromatic rings. The van der Waals surface area contributed by atoms with Crippen molar-refractivity contribution in [2.45, 2.75) is 51.6 Å². The summed E-state index contributed by atoms with van der Waals surface area (Å²) < 4.78 is 5.86. The molecule has 168 valence electrons. The molecule has 4 heteroatoms. The predicted molar refractivity (Wildman–Crippen MR) is 128 cm³/mol. The van der Waals surface area contributed by atoms with E-state index in [1.54, 1.807) is 12.1 Å². The van der Waals surface area contributed by atoms with Crippen molar-refractivity contribution < 1.29 is 19.7 Å². The minimum Gasteiger partial charge on any atom is -0.494 e. The molecule has 2 N–H and O–H groups in total. The van der Waals surface area contributed by atoms with Crippen LogP contribution in [-0.2, 0) is 0 Å². The lowest BCUT2D eigenvalue weighted by Crippen LogP contribution is -2.01. The maximum absolute atomic E-state index is 11.0. The van der Waals surface area contributed by atoms with E-state index < -0.39 is 12.1 Å². The number of ether oxygens (including phenoxy) is 1. The Morgan fingerprint density at radius 2 is 1.25 bits per heavy atom. The van der Waals surface area contributed by atoms with E-state index in [9.17, 15) is 9.90 Å². The van der Waals surface area contributed by atoms with Crippen LogP contribution >= 0.6 is 0 Å². The molecule has 32 heavy (non-hydrogen) atoms. The minimum absolute atomic E-state index is 0.204. The summed E-state index contributed by atoms with van der Waals surface area (Å²) in [5.41, 5.74) is 3.77. The summed E-state index contributed by atoms with van der Waals surface area (Å²) in [5.74, 6) is -0.0895. The Balaban J connectivity index is 1.53. The molecular weight excluding hydrogens is 400 g/mol. The second kappa shape index (κ2) is 12.1. The van der Waals surface area contributed by atoms with Gasteiger partial charge in [0.2, 0.25) is 0 Å². The van der Waals surface area contributed by atoms with Crippen LogP contribution in [0.3, 0.4) is 0 Å². The Labute approximate surface area is 190 Å². The normalized spacial score (nSPS) is 11.8. The number of carboxylic acid groups (broad SMARTS) is 1. The Hall–Kier alpha value is -3.11. The van der Waals surface area contributed by atoms with Crippen molar-refractivity contribution in [2.75, 3.05) is 6.61 Å². The zero-order chi connectivity index (χ0) is 22.8. The molecule has 4 nitrogen and oxygen atoms in total. The minimum atomic E-state index is -0.978. The fourth-order valence-electron chi connectivity index (χ4n) is 3.67. The first kappa shape index (κ1) is 23.6. The Bertz CT molecular complexity index is 960. The molecule has 3 rings (SSSR count). The molecule has 0 aliphatic heterocycles. The Kier molecular flexibility index (Phi) is 8.88. The molecule has 0 radical (unpaired) electrons. The molecule has 3 aromatic carbocycles. The number of benzene rings is 3. The average Bonchev–Trinajstić information content (AvgIpc) is 2.83. The van der Waals surface area contributed by atoms with Crippen molar-refractivity contribution in [2.24, 2.45) is 0 Å². The van der Waals surface area contributed by atoms with Crippen molar-refractivity contribution in [3.63, 3.8) is 0 Å². The van der Waals surface area contributed by atoms with E-state index in [1.807, 2.05) is 48.5 Å². The van der Waals surface area contributed by atoms with Gasteiger partial charge in [-0.3, -0.25) is 0 Å². The molecule has 0 saturated carbocycles. The Morgan fingerprint density at radius 1 is 0.750 bits per heavy atom. The van der Waals surface area contributed by atoms with Gasteiger partial charge < -0.3 is 14.9 Å². The highest BCUT2D eigenvalue weighted by Crippen LogP contribution is 2.27. The van der Waals surface area contributed by atoms with Crippen molar-refractivity contribution >= 4 is 5.97 Å². The highest BCUT2D eigenvalue weighted by molar-refractivity contribution is 5.87. The fourth-order valence-corrected chi connectivity index (χ4v) is 3.67. The maximum Gasteiger partial charge on any atom is 0.335 e. The van der Waals surface area contributed by atoms with Gasteiger partial charge in [-0.25, -0.2) is 4.79 Å². The first-order valence-electron chi connectivity index (χ1n) is 11.4. The van der Waals surface area contributed by atoms with Crippen LogP contribution in [0.4, 0.5) is 0 Å². The monoisotopic (exact) mass is 432 g/mol. The molecule has 0 aliphatic rings. The molecule has 0 saturated heterocycles.